The number of nitrogens with one attached hydrogen (secondary N) is 1. The number of rotatable bonds is 6. The number of hydrogen-bond acceptors (Lipinski definition) is 5. The molecule has 1 heterocycles. The zero-order valence-corrected chi connectivity index (χ0v) is 17.6. The van der Waals surface area contributed by atoms with Crippen LogP contribution in [-0.2, 0) is 16.1 Å². The van der Waals surface area contributed by atoms with Crippen molar-refractivity contribution in [2.24, 2.45) is 10.2 Å². The summed E-state index contributed by atoms with van der Waals surface area (Å²) in [5.41, 5.74) is 2.99. The predicted octanol–water partition coefficient (Wildman–Crippen LogP) is 5.84. The fourth-order valence-electron chi connectivity index (χ4n) is 3.51. The van der Waals surface area contributed by atoms with Gasteiger partial charge in [0.25, 0.3) is 0 Å². The van der Waals surface area contributed by atoms with Gasteiger partial charge in [-0.1, -0.05) is 48.5 Å². The first-order chi connectivity index (χ1) is 15.7. The van der Waals surface area contributed by atoms with Crippen LogP contribution in [0.2, 0.25) is 0 Å². The smallest absolute Gasteiger partial charge is 0.410 e. The topological polar surface area (TPSA) is 83.4 Å². The van der Waals surface area contributed by atoms with Crippen molar-refractivity contribution in [3.8, 4) is 0 Å². The van der Waals surface area contributed by atoms with Crippen LogP contribution in [0.15, 0.2) is 95.2 Å². The minimum absolute atomic E-state index is 0.184. The van der Waals surface area contributed by atoms with Gasteiger partial charge in [0.2, 0.25) is 5.91 Å². The van der Waals surface area contributed by atoms with Crippen LogP contribution in [0.1, 0.15) is 18.4 Å². The number of amides is 2. The number of benzene rings is 3. The highest BCUT2D eigenvalue weighted by Gasteiger charge is 2.35. The summed E-state index contributed by atoms with van der Waals surface area (Å²) in [5.74, 6) is -0.224. The van der Waals surface area contributed by atoms with E-state index in [4.69, 9.17) is 4.74 Å². The van der Waals surface area contributed by atoms with Gasteiger partial charge in [-0.2, -0.15) is 10.2 Å². The summed E-state index contributed by atoms with van der Waals surface area (Å²) in [5, 5.41) is 11.3. The van der Waals surface area contributed by atoms with Crippen LogP contribution in [0.4, 0.5) is 21.9 Å². The first kappa shape index (κ1) is 21.2. The molecule has 32 heavy (non-hydrogen) atoms. The molecule has 2 amide bonds. The van der Waals surface area contributed by atoms with Gasteiger partial charge in [-0.3, -0.25) is 9.69 Å². The molecule has 7 heteroatoms. The van der Waals surface area contributed by atoms with E-state index in [9.17, 15) is 9.59 Å². The Kier molecular flexibility index (Phi) is 6.87. The molecule has 0 bridgehead atoms. The molecule has 1 aliphatic rings. The second-order valence-electron chi connectivity index (χ2n) is 7.46. The van der Waals surface area contributed by atoms with E-state index in [0.717, 1.165) is 17.7 Å². The number of ether oxygens (including phenoxy) is 1. The zero-order valence-electron chi connectivity index (χ0n) is 17.6. The normalized spacial score (nSPS) is 15.6. The van der Waals surface area contributed by atoms with Gasteiger partial charge in [0.1, 0.15) is 12.6 Å². The minimum Gasteiger partial charge on any atom is -0.445 e. The van der Waals surface area contributed by atoms with Crippen molar-refractivity contribution in [2.45, 2.75) is 25.5 Å². The van der Waals surface area contributed by atoms with Gasteiger partial charge in [-0.25, -0.2) is 4.79 Å². The third kappa shape index (κ3) is 5.57. The molecule has 1 N–H and O–H groups in total. The Balaban J connectivity index is 1.32. The minimum atomic E-state index is -0.546. The molecule has 0 spiro atoms. The largest absolute Gasteiger partial charge is 0.445 e. The van der Waals surface area contributed by atoms with E-state index in [-0.39, 0.29) is 12.5 Å². The van der Waals surface area contributed by atoms with Crippen LogP contribution in [0, 0.1) is 0 Å². The molecule has 1 atom stereocenters. The number of carbonyl (C=O) groups is 2. The van der Waals surface area contributed by atoms with Gasteiger partial charge in [0.15, 0.2) is 0 Å². The van der Waals surface area contributed by atoms with Crippen molar-refractivity contribution in [3.05, 3.63) is 90.5 Å². The van der Waals surface area contributed by atoms with Crippen molar-refractivity contribution in [3.63, 3.8) is 0 Å². The van der Waals surface area contributed by atoms with Crippen LogP contribution >= 0.6 is 0 Å². The van der Waals surface area contributed by atoms with Gasteiger partial charge in [-0.05, 0) is 54.8 Å². The van der Waals surface area contributed by atoms with E-state index in [0.29, 0.717) is 24.3 Å². The molecule has 4 rings (SSSR count). The number of azo groups is 1. The molecule has 7 nitrogen and oxygen atoms in total. The Labute approximate surface area is 186 Å². The lowest BCUT2D eigenvalue weighted by Gasteiger charge is -2.23. The Morgan fingerprint density at radius 1 is 0.875 bits per heavy atom. The van der Waals surface area contributed by atoms with E-state index in [2.05, 4.69) is 15.5 Å². The quantitative estimate of drug-likeness (QED) is 0.501. The molecule has 0 aliphatic carbocycles. The highest BCUT2D eigenvalue weighted by Crippen LogP contribution is 2.23. The van der Waals surface area contributed by atoms with Crippen molar-refractivity contribution in [1.82, 2.24) is 4.90 Å². The lowest BCUT2D eigenvalue weighted by atomic mass is 10.2. The van der Waals surface area contributed by atoms with E-state index in [1.165, 1.54) is 4.90 Å². The number of likely N-dealkylation sites (tertiary alicyclic amines) is 1. The maximum Gasteiger partial charge on any atom is 0.410 e. The number of nitrogens with zero attached hydrogens (tertiary/aromatic N) is 3. The van der Waals surface area contributed by atoms with Gasteiger partial charge in [0.05, 0.1) is 11.4 Å². The van der Waals surface area contributed by atoms with E-state index in [1.807, 2.05) is 60.7 Å². The lowest BCUT2D eigenvalue weighted by molar-refractivity contribution is -0.120. The molecule has 0 radical (unpaired) electrons. The summed E-state index contributed by atoms with van der Waals surface area (Å²) in [6.07, 6.45) is 0.899. The molecular weight excluding hydrogens is 404 g/mol. The van der Waals surface area contributed by atoms with Gasteiger partial charge < -0.3 is 10.1 Å². The third-order valence-corrected chi connectivity index (χ3v) is 5.17. The van der Waals surface area contributed by atoms with E-state index < -0.39 is 12.1 Å². The number of hydrogen-bond donors (Lipinski definition) is 1. The molecule has 162 valence electrons. The monoisotopic (exact) mass is 428 g/mol. The van der Waals surface area contributed by atoms with Crippen LogP contribution in [0.5, 0.6) is 0 Å². The Bertz CT molecular complexity index is 1070. The Morgan fingerprint density at radius 2 is 1.50 bits per heavy atom. The maximum atomic E-state index is 12.8. The fraction of sp³-hybridized carbons (Fsp3) is 0.200. The first-order valence-electron chi connectivity index (χ1n) is 10.5. The number of carbonyl (C=O) groups excluding carboxylic acids is 2. The molecular formula is C25H24N4O3. The van der Waals surface area contributed by atoms with Crippen molar-refractivity contribution in [1.29, 1.82) is 0 Å². The summed E-state index contributed by atoms with van der Waals surface area (Å²) in [7, 11) is 0. The molecule has 3 aromatic carbocycles. The van der Waals surface area contributed by atoms with Crippen molar-refractivity contribution < 1.29 is 14.3 Å². The average Bonchev–Trinajstić information content (AvgIpc) is 3.34. The Morgan fingerprint density at radius 3 is 2.19 bits per heavy atom. The summed E-state index contributed by atoms with van der Waals surface area (Å²) in [4.78, 5) is 26.8. The van der Waals surface area contributed by atoms with E-state index in [1.54, 1.807) is 24.3 Å². The summed E-state index contributed by atoms with van der Waals surface area (Å²) >= 11 is 0. The standard InChI is InChI=1S/C25H24N4O3/c30-24(23-12-7-17-29(23)25(31)32-18-19-8-3-1-4-9-19)26-20-13-15-22(16-14-20)28-27-21-10-5-2-6-11-21/h1-6,8-11,13-16,23H,7,12,17-18H2,(H,26,30)/t23-/m0/s1. The highest BCUT2D eigenvalue weighted by atomic mass is 16.6. The molecule has 0 aromatic heterocycles. The Hall–Kier alpha value is -4.00. The van der Waals surface area contributed by atoms with Crippen LogP contribution in [0.3, 0.4) is 0 Å². The predicted molar refractivity (Wildman–Crippen MR) is 122 cm³/mol. The van der Waals surface area contributed by atoms with Crippen molar-refractivity contribution >= 4 is 29.1 Å². The molecule has 1 saturated heterocycles. The molecule has 0 unspecified atom stereocenters. The maximum absolute atomic E-state index is 12.8. The third-order valence-electron chi connectivity index (χ3n) is 5.17. The zero-order chi connectivity index (χ0) is 22.2. The SMILES string of the molecule is O=C(Nc1ccc(N=Nc2ccccc2)cc1)[C@@H]1CCCN1C(=O)OCc1ccccc1. The van der Waals surface area contributed by atoms with Gasteiger partial charge >= 0.3 is 6.09 Å². The van der Waals surface area contributed by atoms with E-state index >= 15 is 0 Å². The van der Waals surface area contributed by atoms with Crippen molar-refractivity contribution in [2.75, 3.05) is 11.9 Å². The second kappa shape index (κ2) is 10.3. The second-order valence-corrected chi connectivity index (χ2v) is 7.46. The van der Waals surface area contributed by atoms with Gasteiger partial charge in [-0.15, -0.1) is 0 Å². The lowest BCUT2D eigenvalue weighted by Crippen LogP contribution is -2.43. The average molecular weight is 428 g/mol. The number of anilines is 1. The van der Waals surface area contributed by atoms with Gasteiger partial charge in [0, 0.05) is 12.2 Å². The fourth-order valence-corrected chi connectivity index (χ4v) is 3.51. The van der Waals surface area contributed by atoms with Crippen LogP contribution < -0.4 is 5.32 Å². The van der Waals surface area contributed by atoms with Crippen LogP contribution in [0.25, 0.3) is 0 Å². The molecule has 1 aliphatic heterocycles. The summed E-state index contributed by atoms with van der Waals surface area (Å²) in [6, 6.07) is 25.5. The molecule has 1 fully saturated rings. The van der Waals surface area contributed by atoms with Crippen LogP contribution in [-0.4, -0.2) is 29.5 Å². The molecule has 0 saturated carbocycles. The summed E-state index contributed by atoms with van der Waals surface area (Å²) in [6.45, 7) is 0.689. The highest BCUT2D eigenvalue weighted by molar-refractivity contribution is 5.97. The summed E-state index contributed by atoms with van der Waals surface area (Å²) < 4.78 is 5.41. The molecule has 3 aromatic rings. The first-order valence-corrected chi connectivity index (χ1v) is 10.5.